The van der Waals surface area contributed by atoms with Crippen LogP contribution in [0.2, 0.25) is 0 Å². The van der Waals surface area contributed by atoms with Crippen LogP contribution in [0.25, 0.3) is 11.5 Å². The predicted molar refractivity (Wildman–Crippen MR) is 77.9 cm³/mol. The van der Waals surface area contributed by atoms with Gasteiger partial charge in [-0.3, -0.25) is 0 Å². The first kappa shape index (κ1) is 13.1. The van der Waals surface area contributed by atoms with Gasteiger partial charge in [0.15, 0.2) is 17.3 Å². The van der Waals surface area contributed by atoms with Crippen LogP contribution in [-0.4, -0.2) is 16.9 Å². The van der Waals surface area contributed by atoms with Gasteiger partial charge in [-0.1, -0.05) is 18.0 Å². The molecule has 6 nitrogen and oxygen atoms in total. The van der Waals surface area contributed by atoms with Gasteiger partial charge < -0.3 is 19.7 Å². The van der Waals surface area contributed by atoms with Crippen molar-refractivity contribution >= 4 is 15.9 Å². The molecule has 21 heavy (non-hydrogen) atoms. The fraction of sp³-hybridized carbons (Fsp3) is 0.429. The Morgan fingerprint density at radius 1 is 1.19 bits per heavy atom. The molecule has 1 aliphatic carbocycles. The van der Waals surface area contributed by atoms with E-state index in [4.69, 9.17) is 19.7 Å². The highest BCUT2D eigenvalue weighted by molar-refractivity contribution is 9.10. The quantitative estimate of drug-likeness (QED) is 0.895. The van der Waals surface area contributed by atoms with Crippen molar-refractivity contribution in [3.05, 3.63) is 22.4 Å². The van der Waals surface area contributed by atoms with E-state index in [9.17, 15) is 0 Å². The molecule has 2 aromatic rings. The van der Waals surface area contributed by atoms with Crippen LogP contribution in [0.1, 0.15) is 31.5 Å². The highest BCUT2D eigenvalue weighted by Crippen LogP contribution is 2.42. The van der Waals surface area contributed by atoms with Gasteiger partial charge in [0, 0.05) is 5.56 Å². The lowest BCUT2D eigenvalue weighted by molar-refractivity contribution is 0.173. The minimum atomic E-state index is -0.449. The van der Waals surface area contributed by atoms with Gasteiger partial charge in [0.25, 0.3) is 5.89 Å². The Hall–Kier alpha value is -1.60. The largest absolute Gasteiger partial charge is 0.454 e. The maximum absolute atomic E-state index is 6.35. The summed E-state index contributed by atoms with van der Waals surface area (Å²) < 4.78 is 17.0. The van der Waals surface area contributed by atoms with E-state index in [1.54, 1.807) is 0 Å². The molecule has 1 aromatic carbocycles. The number of nitrogens with zero attached hydrogens (tertiary/aromatic N) is 2. The number of aromatic nitrogens is 2. The molecule has 0 saturated heterocycles. The number of halogens is 1. The minimum absolute atomic E-state index is 0.221. The molecule has 7 heteroatoms. The zero-order valence-corrected chi connectivity index (χ0v) is 12.9. The van der Waals surface area contributed by atoms with Gasteiger partial charge in [0.2, 0.25) is 6.79 Å². The predicted octanol–water partition coefficient (Wildman–Crippen LogP) is 2.96. The number of hydrogen-bond acceptors (Lipinski definition) is 6. The summed E-state index contributed by atoms with van der Waals surface area (Å²) in [6, 6.07) is 3.71. The molecule has 1 aromatic heterocycles. The highest BCUT2D eigenvalue weighted by atomic mass is 79.9. The van der Waals surface area contributed by atoms with Crippen molar-refractivity contribution in [3.8, 4) is 23.0 Å². The number of rotatable bonds is 2. The molecule has 2 heterocycles. The van der Waals surface area contributed by atoms with E-state index in [-0.39, 0.29) is 6.79 Å². The van der Waals surface area contributed by atoms with Crippen molar-refractivity contribution in [1.29, 1.82) is 0 Å². The highest BCUT2D eigenvalue weighted by Gasteiger charge is 2.36. The number of nitrogens with two attached hydrogens (primary N) is 1. The minimum Gasteiger partial charge on any atom is -0.454 e. The Morgan fingerprint density at radius 2 is 2.00 bits per heavy atom. The zero-order chi connectivity index (χ0) is 14.4. The second-order valence-corrected chi connectivity index (χ2v) is 6.33. The fourth-order valence-corrected chi connectivity index (χ4v) is 3.42. The van der Waals surface area contributed by atoms with E-state index < -0.39 is 5.54 Å². The lowest BCUT2D eigenvalue weighted by atomic mass is 9.99. The topological polar surface area (TPSA) is 83.4 Å². The fourth-order valence-electron chi connectivity index (χ4n) is 2.86. The standard InChI is InChI=1S/C14H14BrN3O3/c15-9-5-8(6-10-11(9)20-7-19-10)12-17-13(18-21-12)14(16)3-1-2-4-14/h5-6H,1-4,7,16H2. The second-order valence-electron chi connectivity index (χ2n) is 5.48. The molecular weight excluding hydrogens is 338 g/mol. The molecule has 0 unspecified atom stereocenters. The van der Waals surface area contributed by atoms with Crippen LogP contribution in [0.3, 0.4) is 0 Å². The van der Waals surface area contributed by atoms with Crippen LogP contribution in [0, 0.1) is 0 Å². The average molecular weight is 352 g/mol. The normalized spacial score (nSPS) is 19.1. The van der Waals surface area contributed by atoms with Crippen molar-refractivity contribution in [2.75, 3.05) is 6.79 Å². The summed E-state index contributed by atoms with van der Waals surface area (Å²) in [5.74, 6) is 2.40. The van der Waals surface area contributed by atoms with E-state index >= 15 is 0 Å². The molecule has 1 saturated carbocycles. The van der Waals surface area contributed by atoms with Crippen LogP contribution < -0.4 is 15.2 Å². The molecule has 1 fully saturated rings. The summed E-state index contributed by atoms with van der Waals surface area (Å²) in [7, 11) is 0. The van der Waals surface area contributed by atoms with Gasteiger partial charge in [-0.15, -0.1) is 0 Å². The van der Waals surface area contributed by atoms with Crippen LogP contribution in [-0.2, 0) is 5.54 Å². The molecule has 0 radical (unpaired) electrons. The van der Waals surface area contributed by atoms with E-state index in [0.29, 0.717) is 23.2 Å². The van der Waals surface area contributed by atoms with Gasteiger partial charge in [-0.25, -0.2) is 0 Å². The van der Waals surface area contributed by atoms with Crippen molar-refractivity contribution in [2.24, 2.45) is 5.73 Å². The van der Waals surface area contributed by atoms with Crippen LogP contribution in [0.15, 0.2) is 21.1 Å². The van der Waals surface area contributed by atoms with Crippen molar-refractivity contribution in [2.45, 2.75) is 31.2 Å². The second kappa shape index (κ2) is 4.71. The van der Waals surface area contributed by atoms with Gasteiger partial charge in [0.1, 0.15) is 0 Å². The summed E-state index contributed by atoms with van der Waals surface area (Å²) in [6.07, 6.45) is 4.01. The summed E-state index contributed by atoms with van der Waals surface area (Å²) in [6.45, 7) is 0.221. The monoisotopic (exact) mass is 351 g/mol. The third-order valence-corrected chi connectivity index (χ3v) is 4.63. The van der Waals surface area contributed by atoms with E-state index in [1.165, 1.54) is 0 Å². The lowest BCUT2D eigenvalue weighted by Crippen LogP contribution is -2.34. The maximum Gasteiger partial charge on any atom is 0.258 e. The Bertz CT molecular complexity index is 695. The first-order chi connectivity index (χ1) is 10.2. The summed E-state index contributed by atoms with van der Waals surface area (Å²) >= 11 is 3.46. The average Bonchev–Trinajstić information content (AvgIpc) is 3.18. The van der Waals surface area contributed by atoms with Gasteiger partial charge >= 0.3 is 0 Å². The Balaban J connectivity index is 1.71. The molecule has 2 aliphatic rings. The van der Waals surface area contributed by atoms with Gasteiger partial charge in [0.05, 0.1) is 10.0 Å². The Kier molecular flexibility index (Phi) is 2.93. The summed E-state index contributed by atoms with van der Waals surface area (Å²) in [5.41, 5.74) is 6.69. The maximum atomic E-state index is 6.35. The van der Waals surface area contributed by atoms with E-state index in [1.807, 2.05) is 12.1 Å². The summed E-state index contributed by atoms with van der Waals surface area (Å²) in [4.78, 5) is 4.48. The molecule has 0 amide bonds. The molecule has 2 N–H and O–H groups in total. The van der Waals surface area contributed by atoms with Gasteiger partial charge in [-0.05, 0) is 40.9 Å². The third-order valence-electron chi connectivity index (χ3n) is 4.04. The van der Waals surface area contributed by atoms with E-state index in [2.05, 4.69) is 26.1 Å². The SMILES string of the molecule is NC1(c2noc(-c3cc(Br)c4c(c3)OCO4)n2)CCCC1. The Morgan fingerprint density at radius 3 is 2.81 bits per heavy atom. The van der Waals surface area contributed by atoms with Crippen molar-refractivity contribution in [1.82, 2.24) is 10.1 Å². The third kappa shape index (κ3) is 2.11. The molecule has 0 bridgehead atoms. The Labute approximate surface area is 129 Å². The van der Waals surface area contributed by atoms with Crippen molar-refractivity contribution in [3.63, 3.8) is 0 Å². The smallest absolute Gasteiger partial charge is 0.258 e. The molecule has 0 atom stereocenters. The number of ether oxygens (including phenoxy) is 2. The number of benzene rings is 1. The lowest BCUT2D eigenvalue weighted by Gasteiger charge is -2.17. The molecule has 110 valence electrons. The van der Waals surface area contributed by atoms with Crippen LogP contribution >= 0.6 is 15.9 Å². The molecule has 0 spiro atoms. The van der Waals surface area contributed by atoms with Crippen LogP contribution in [0.5, 0.6) is 11.5 Å². The zero-order valence-electron chi connectivity index (χ0n) is 11.3. The number of hydrogen-bond donors (Lipinski definition) is 1. The van der Waals surface area contributed by atoms with Crippen molar-refractivity contribution < 1.29 is 14.0 Å². The first-order valence-electron chi connectivity index (χ1n) is 6.88. The molecule has 1 aliphatic heterocycles. The molecular formula is C14H14BrN3O3. The first-order valence-corrected chi connectivity index (χ1v) is 7.68. The van der Waals surface area contributed by atoms with Gasteiger partial charge in [-0.2, -0.15) is 4.98 Å². The number of fused-ring (bicyclic) bond motifs is 1. The van der Waals surface area contributed by atoms with Crippen LogP contribution in [0.4, 0.5) is 0 Å². The van der Waals surface area contributed by atoms with E-state index in [0.717, 1.165) is 35.7 Å². The molecule has 4 rings (SSSR count). The summed E-state index contributed by atoms with van der Waals surface area (Å²) in [5, 5.41) is 4.07.